The van der Waals surface area contributed by atoms with E-state index in [1.165, 1.54) is 10.6 Å². The fourth-order valence-electron chi connectivity index (χ4n) is 3.24. The lowest BCUT2D eigenvalue weighted by molar-refractivity contribution is 0.0804. The summed E-state index contributed by atoms with van der Waals surface area (Å²) >= 11 is 0. The second kappa shape index (κ2) is 6.65. The van der Waals surface area contributed by atoms with Crippen LogP contribution in [0.15, 0.2) is 45.7 Å². The number of aromatic nitrogens is 1. The Morgan fingerprint density at radius 1 is 1.42 bits per heavy atom. The molecule has 0 aliphatic heterocycles. The molecule has 24 heavy (non-hydrogen) atoms. The van der Waals surface area contributed by atoms with Gasteiger partial charge in [-0.1, -0.05) is 19.4 Å². The molecule has 1 fully saturated rings. The molecule has 6 heteroatoms. The molecule has 0 radical (unpaired) electrons. The van der Waals surface area contributed by atoms with Crippen LogP contribution in [-0.4, -0.2) is 28.2 Å². The van der Waals surface area contributed by atoms with Crippen LogP contribution in [0, 0.1) is 5.41 Å². The van der Waals surface area contributed by atoms with Gasteiger partial charge in [-0.15, -0.1) is 0 Å². The minimum atomic E-state index is -0.284. The van der Waals surface area contributed by atoms with Gasteiger partial charge in [0.15, 0.2) is 5.76 Å². The number of pyridine rings is 1. The molecule has 2 aromatic heterocycles. The predicted octanol–water partition coefficient (Wildman–Crippen LogP) is 1.77. The van der Waals surface area contributed by atoms with Crippen molar-refractivity contribution in [1.82, 2.24) is 9.88 Å². The molecule has 128 valence electrons. The Balaban J connectivity index is 1.68. The fourth-order valence-corrected chi connectivity index (χ4v) is 3.24. The Morgan fingerprint density at radius 3 is 3.00 bits per heavy atom. The molecule has 0 aromatic carbocycles. The SMILES string of the molecule is CC1(CO)CCCC1NC(=O)c1ccc(Cn2ccccc2=O)o1. The Bertz CT molecular complexity index is 779. The van der Waals surface area contributed by atoms with Gasteiger partial charge in [-0.2, -0.15) is 0 Å². The Labute approximate surface area is 140 Å². The molecule has 1 aliphatic rings. The largest absolute Gasteiger partial charge is 0.454 e. The van der Waals surface area contributed by atoms with Crippen molar-refractivity contribution in [3.8, 4) is 0 Å². The number of rotatable bonds is 5. The second-order valence-electron chi connectivity index (χ2n) is 6.66. The lowest BCUT2D eigenvalue weighted by Crippen LogP contribution is -2.44. The third-order valence-electron chi connectivity index (χ3n) is 4.86. The lowest BCUT2D eigenvalue weighted by atomic mass is 9.86. The van der Waals surface area contributed by atoms with Crippen LogP contribution in [0.5, 0.6) is 0 Å². The molecular formula is C18H22N2O4. The molecule has 2 atom stereocenters. The molecule has 6 nitrogen and oxygen atoms in total. The van der Waals surface area contributed by atoms with Crippen LogP contribution in [0.2, 0.25) is 0 Å². The van der Waals surface area contributed by atoms with Crippen molar-refractivity contribution in [2.45, 2.75) is 38.8 Å². The quantitative estimate of drug-likeness (QED) is 0.875. The first-order chi connectivity index (χ1) is 11.5. The van der Waals surface area contributed by atoms with E-state index in [0.717, 1.165) is 19.3 Å². The summed E-state index contributed by atoms with van der Waals surface area (Å²) in [5.41, 5.74) is -0.396. The monoisotopic (exact) mass is 330 g/mol. The number of amides is 1. The van der Waals surface area contributed by atoms with Crippen molar-refractivity contribution in [3.63, 3.8) is 0 Å². The van der Waals surface area contributed by atoms with Gasteiger partial charge >= 0.3 is 0 Å². The van der Waals surface area contributed by atoms with Crippen LogP contribution in [0.25, 0.3) is 0 Å². The summed E-state index contributed by atoms with van der Waals surface area (Å²) in [6.07, 6.45) is 4.42. The van der Waals surface area contributed by atoms with Gasteiger partial charge in [0.1, 0.15) is 5.76 Å². The number of nitrogens with zero attached hydrogens (tertiary/aromatic N) is 1. The van der Waals surface area contributed by atoms with E-state index in [9.17, 15) is 14.7 Å². The summed E-state index contributed by atoms with van der Waals surface area (Å²) in [6, 6.07) is 8.19. The minimum absolute atomic E-state index is 0.0538. The van der Waals surface area contributed by atoms with Gasteiger partial charge in [0, 0.05) is 23.7 Å². The van der Waals surface area contributed by atoms with Gasteiger partial charge in [0.25, 0.3) is 11.5 Å². The molecule has 2 N–H and O–H groups in total. The minimum Gasteiger partial charge on any atom is -0.454 e. The normalized spacial score (nSPS) is 23.3. The molecule has 2 unspecified atom stereocenters. The van der Waals surface area contributed by atoms with Crippen molar-refractivity contribution >= 4 is 5.91 Å². The zero-order valence-electron chi connectivity index (χ0n) is 13.7. The van der Waals surface area contributed by atoms with Crippen molar-refractivity contribution in [2.75, 3.05) is 6.61 Å². The Hall–Kier alpha value is -2.34. The van der Waals surface area contributed by atoms with Gasteiger partial charge < -0.3 is 19.4 Å². The summed E-state index contributed by atoms with van der Waals surface area (Å²) in [6.45, 7) is 2.32. The number of aliphatic hydroxyl groups is 1. The summed E-state index contributed by atoms with van der Waals surface area (Å²) < 4.78 is 7.10. The predicted molar refractivity (Wildman–Crippen MR) is 88.8 cm³/mol. The molecule has 1 aliphatic carbocycles. The first-order valence-electron chi connectivity index (χ1n) is 8.18. The number of carbonyl (C=O) groups excluding carboxylic acids is 1. The first-order valence-corrected chi connectivity index (χ1v) is 8.18. The number of carbonyl (C=O) groups is 1. The third-order valence-corrected chi connectivity index (χ3v) is 4.86. The highest BCUT2D eigenvalue weighted by Crippen LogP contribution is 2.37. The Morgan fingerprint density at radius 2 is 2.25 bits per heavy atom. The first kappa shape index (κ1) is 16.5. The average molecular weight is 330 g/mol. The Kier molecular flexibility index (Phi) is 4.57. The van der Waals surface area contributed by atoms with E-state index in [0.29, 0.717) is 5.76 Å². The molecule has 1 amide bonds. The van der Waals surface area contributed by atoms with E-state index in [2.05, 4.69) is 5.32 Å². The summed E-state index contributed by atoms with van der Waals surface area (Å²) in [5.74, 6) is 0.485. The summed E-state index contributed by atoms with van der Waals surface area (Å²) in [5, 5.41) is 12.5. The number of aliphatic hydroxyl groups excluding tert-OH is 1. The van der Waals surface area contributed by atoms with Gasteiger partial charge in [-0.05, 0) is 31.0 Å². The van der Waals surface area contributed by atoms with Crippen molar-refractivity contribution < 1.29 is 14.3 Å². The number of furan rings is 1. The van der Waals surface area contributed by atoms with E-state index in [-0.39, 0.29) is 41.8 Å². The second-order valence-corrected chi connectivity index (χ2v) is 6.66. The van der Waals surface area contributed by atoms with E-state index < -0.39 is 0 Å². The number of hydrogen-bond donors (Lipinski definition) is 2. The molecule has 0 saturated heterocycles. The van der Waals surface area contributed by atoms with Crippen LogP contribution in [0.1, 0.15) is 42.5 Å². The van der Waals surface area contributed by atoms with E-state index >= 15 is 0 Å². The van der Waals surface area contributed by atoms with Crippen LogP contribution >= 0.6 is 0 Å². The highest BCUT2D eigenvalue weighted by Gasteiger charge is 2.39. The van der Waals surface area contributed by atoms with Crippen LogP contribution in [-0.2, 0) is 6.54 Å². The molecule has 2 aromatic rings. The van der Waals surface area contributed by atoms with Crippen LogP contribution in [0.3, 0.4) is 0 Å². The molecule has 1 saturated carbocycles. The highest BCUT2D eigenvalue weighted by atomic mass is 16.4. The lowest BCUT2D eigenvalue weighted by Gasteiger charge is -2.29. The van der Waals surface area contributed by atoms with Gasteiger partial charge in [0.2, 0.25) is 0 Å². The van der Waals surface area contributed by atoms with Crippen LogP contribution < -0.4 is 10.9 Å². The van der Waals surface area contributed by atoms with Crippen molar-refractivity contribution in [2.24, 2.45) is 5.41 Å². The zero-order chi connectivity index (χ0) is 17.2. The van der Waals surface area contributed by atoms with Gasteiger partial charge in [-0.25, -0.2) is 0 Å². The molecule has 2 heterocycles. The van der Waals surface area contributed by atoms with Gasteiger partial charge in [0.05, 0.1) is 13.2 Å². The maximum absolute atomic E-state index is 12.4. The summed E-state index contributed by atoms with van der Waals surface area (Å²) in [4.78, 5) is 24.1. The number of hydrogen-bond acceptors (Lipinski definition) is 4. The molecule has 0 bridgehead atoms. The number of nitrogens with one attached hydrogen (secondary N) is 1. The summed E-state index contributed by atoms with van der Waals surface area (Å²) in [7, 11) is 0. The zero-order valence-corrected chi connectivity index (χ0v) is 13.7. The molecule has 3 rings (SSSR count). The molecule has 0 spiro atoms. The third kappa shape index (κ3) is 3.28. The average Bonchev–Trinajstić information content (AvgIpc) is 3.18. The molecular weight excluding hydrogens is 308 g/mol. The van der Waals surface area contributed by atoms with Crippen molar-refractivity contribution in [1.29, 1.82) is 0 Å². The standard InChI is InChI=1S/C18H22N2O4/c1-18(12-21)9-4-5-15(18)19-17(23)14-8-7-13(24-14)11-20-10-3-2-6-16(20)22/h2-3,6-8,10,15,21H,4-5,9,11-12H2,1H3,(H,19,23). The van der Waals surface area contributed by atoms with E-state index in [4.69, 9.17) is 4.42 Å². The smallest absolute Gasteiger partial charge is 0.287 e. The van der Waals surface area contributed by atoms with Crippen LogP contribution in [0.4, 0.5) is 0 Å². The van der Waals surface area contributed by atoms with E-state index in [1.54, 1.807) is 30.5 Å². The highest BCUT2D eigenvalue weighted by molar-refractivity contribution is 5.91. The maximum Gasteiger partial charge on any atom is 0.287 e. The van der Waals surface area contributed by atoms with Gasteiger partial charge in [-0.3, -0.25) is 9.59 Å². The fraction of sp³-hybridized carbons (Fsp3) is 0.444. The topological polar surface area (TPSA) is 84.5 Å². The van der Waals surface area contributed by atoms with E-state index in [1.807, 2.05) is 6.92 Å². The van der Waals surface area contributed by atoms with Crippen molar-refractivity contribution in [3.05, 3.63) is 58.4 Å². The maximum atomic E-state index is 12.4.